The van der Waals surface area contributed by atoms with Crippen LogP contribution in [0.4, 0.5) is 14.5 Å². The fourth-order valence-electron chi connectivity index (χ4n) is 1.68. The van der Waals surface area contributed by atoms with Crippen molar-refractivity contribution in [3.8, 4) is 0 Å². The molecule has 0 amide bonds. The van der Waals surface area contributed by atoms with Gasteiger partial charge in [0.15, 0.2) is 11.6 Å². The van der Waals surface area contributed by atoms with Crippen molar-refractivity contribution >= 4 is 17.4 Å². The van der Waals surface area contributed by atoms with Gasteiger partial charge in [0.2, 0.25) is 0 Å². The van der Waals surface area contributed by atoms with Gasteiger partial charge in [-0.15, -0.1) is 0 Å². The van der Waals surface area contributed by atoms with Gasteiger partial charge in [-0.05, 0) is 30.7 Å². The lowest BCUT2D eigenvalue weighted by atomic mass is 10.1. The molecule has 1 heterocycles. The Hall–Kier alpha value is -0.770. The largest absolute Gasteiger partial charge is 0.381 e. The molecule has 1 N–H and O–H groups in total. The maximum atomic E-state index is 12.9. The van der Waals surface area contributed by atoms with Crippen LogP contribution in [0.1, 0.15) is 12.8 Å². The third-order valence-corrected chi connectivity index (χ3v) is 3.67. The monoisotopic (exact) mass is 229 g/mol. The highest BCUT2D eigenvalue weighted by Crippen LogP contribution is 2.21. The van der Waals surface area contributed by atoms with Crippen molar-refractivity contribution in [1.29, 1.82) is 0 Å². The first kappa shape index (κ1) is 10.7. The van der Waals surface area contributed by atoms with Gasteiger partial charge in [-0.25, -0.2) is 8.78 Å². The van der Waals surface area contributed by atoms with Crippen LogP contribution in [0.3, 0.4) is 0 Å². The molecule has 1 fully saturated rings. The van der Waals surface area contributed by atoms with Gasteiger partial charge < -0.3 is 5.32 Å². The molecule has 1 atom stereocenters. The Balaban J connectivity index is 2.00. The molecule has 2 rings (SSSR count). The van der Waals surface area contributed by atoms with Crippen LogP contribution in [-0.4, -0.2) is 17.5 Å². The lowest BCUT2D eigenvalue weighted by molar-refractivity contribution is 0.509. The van der Waals surface area contributed by atoms with Crippen molar-refractivity contribution < 1.29 is 8.78 Å². The van der Waals surface area contributed by atoms with Crippen molar-refractivity contribution in [3.05, 3.63) is 29.8 Å². The SMILES string of the molecule is Fc1ccc(NC2CCCSC2)cc1F. The predicted molar refractivity (Wildman–Crippen MR) is 60.3 cm³/mol. The Kier molecular flexibility index (Phi) is 3.46. The van der Waals surface area contributed by atoms with Crippen LogP contribution in [-0.2, 0) is 0 Å². The van der Waals surface area contributed by atoms with E-state index in [1.165, 1.54) is 18.2 Å². The van der Waals surface area contributed by atoms with Crippen molar-refractivity contribution in [2.24, 2.45) is 0 Å². The zero-order chi connectivity index (χ0) is 10.7. The average Bonchev–Trinajstić information content (AvgIpc) is 2.25. The van der Waals surface area contributed by atoms with E-state index in [9.17, 15) is 8.78 Å². The lowest BCUT2D eigenvalue weighted by Crippen LogP contribution is -2.25. The zero-order valence-electron chi connectivity index (χ0n) is 8.30. The Bertz CT molecular complexity index is 337. The van der Waals surface area contributed by atoms with Gasteiger partial charge in [-0.3, -0.25) is 0 Å². The van der Waals surface area contributed by atoms with E-state index < -0.39 is 11.6 Å². The van der Waals surface area contributed by atoms with Crippen molar-refractivity contribution in [3.63, 3.8) is 0 Å². The molecule has 0 radical (unpaired) electrons. The molecule has 82 valence electrons. The molecule has 4 heteroatoms. The third kappa shape index (κ3) is 2.84. The summed E-state index contributed by atoms with van der Waals surface area (Å²) in [5, 5.41) is 3.22. The van der Waals surface area contributed by atoms with E-state index in [0.29, 0.717) is 11.7 Å². The minimum Gasteiger partial charge on any atom is -0.381 e. The fraction of sp³-hybridized carbons (Fsp3) is 0.455. The zero-order valence-corrected chi connectivity index (χ0v) is 9.12. The minimum absolute atomic E-state index is 0.383. The Morgan fingerprint density at radius 2 is 2.13 bits per heavy atom. The first-order valence-electron chi connectivity index (χ1n) is 5.05. The molecule has 1 saturated heterocycles. The molecular weight excluding hydrogens is 216 g/mol. The molecule has 0 spiro atoms. The maximum Gasteiger partial charge on any atom is 0.160 e. The molecule has 1 aliphatic rings. The summed E-state index contributed by atoms with van der Waals surface area (Å²) >= 11 is 1.90. The van der Waals surface area contributed by atoms with Crippen LogP contribution in [0.15, 0.2) is 18.2 Å². The standard InChI is InChI=1S/C11H13F2NS/c12-10-4-3-8(6-11(10)13)14-9-2-1-5-15-7-9/h3-4,6,9,14H,1-2,5,7H2. The number of thioether (sulfide) groups is 1. The number of anilines is 1. The third-order valence-electron chi connectivity index (χ3n) is 2.45. The van der Waals surface area contributed by atoms with Gasteiger partial charge in [-0.2, -0.15) is 11.8 Å². The highest BCUT2D eigenvalue weighted by atomic mass is 32.2. The van der Waals surface area contributed by atoms with E-state index in [1.54, 1.807) is 6.07 Å². The van der Waals surface area contributed by atoms with E-state index in [0.717, 1.165) is 18.2 Å². The minimum atomic E-state index is -0.793. The highest BCUT2D eigenvalue weighted by molar-refractivity contribution is 7.99. The van der Waals surface area contributed by atoms with E-state index in [2.05, 4.69) is 5.32 Å². The smallest absolute Gasteiger partial charge is 0.160 e. The number of rotatable bonds is 2. The van der Waals surface area contributed by atoms with Gasteiger partial charge in [0.1, 0.15) is 0 Å². The van der Waals surface area contributed by atoms with Crippen LogP contribution in [0.25, 0.3) is 0 Å². The summed E-state index contributed by atoms with van der Waals surface area (Å²) in [6, 6.07) is 4.34. The second-order valence-electron chi connectivity index (χ2n) is 3.69. The quantitative estimate of drug-likeness (QED) is 0.835. The van der Waals surface area contributed by atoms with E-state index in [-0.39, 0.29) is 0 Å². The summed E-state index contributed by atoms with van der Waals surface area (Å²) < 4.78 is 25.6. The molecule has 1 aromatic carbocycles. The molecule has 1 aromatic rings. The summed E-state index contributed by atoms with van der Waals surface area (Å²) in [5.74, 6) is 0.664. The lowest BCUT2D eigenvalue weighted by Gasteiger charge is -2.23. The first-order chi connectivity index (χ1) is 7.25. The summed E-state index contributed by atoms with van der Waals surface area (Å²) in [6.07, 6.45) is 2.29. The Morgan fingerprint density at radius 1 is 1.27 bits per heavy atom. The second kappa shape index (κ2) is 4.84. The first-order valence-corrected chi connectivity index (χ1v) is 6.20. The molecule has 1 nitrogen and oxygen atoms in total. The summed E-state index contributed by atoms with van der Waals surface area (Å²) in [6.45, 7) is 0. The normalized spacial score (nSPS) is 21.3. The number of hydrogen-bond acceptors (Lipinski definition) is 2. The van der Waals surface area contributed by atoms with Crippen LogP contribution < -0.4 is 5.32 Å². The summed E-state index contributed by atoms with van der Waals surface area (Å²) in [7, 11) is 0. The van der Waals surface area contributed by atoms with Crippen molar-refractivity contribution in [1.82, 2.24) is 0 Å². The van der Waals surface area contributed by atoms with E-state index in [4.69, 9.17) is 0 Å². The van der Waals surface area contributed by atoms with Gasteiger partial charge in [0.05, 0.1) is 0 Å². The van der Waals surface area contributed by atoms with E-state index in [1.807, 2.05) is 11.8 Å². The molecule has 0 aromatic heterocycles. The van der Waals surface area contributed by atoms with Crippen LogP contribution in [0, 0.1) is 11.6 Å². The Labute approximate surface area is 92.3 Å². The molecular formula is C11H13F2NS. The molecule has 0 aliphatic carbocycles. The average molecular weight is 229 g/mol. The van der Waals surface area contributed by atoms with Crippen molar-refractivity contribution in [2.45, 2.75) is 18.9 Å². The molecule has 1 aliphatic heterocycles. The molecule has 0 saturated carbocycles. The molecule has 1 unspecified atom stereocenters. The number of benzene rings is 1. The topological polar surface area (TPSA) is 12.0 Å². The van der Waals surface area contributed by atoms with Crippen molar-refractivity contribution in [2.75, 3.05) is 16.8 Å². The van der Waals surface area contributed by atoms with Gasteiger partial charge in [-0.1, -0.05) is 0 Å². The number of nitrogens with one attached hydrogen (secondary N) is 1. The van der Waals surface area contributed by atoms with Crippen LogP contribution in [0.2, 0.25) is 0 Å². The molecule has 0 bridgehead atoms. The second-order valence-corrected chi connectivity index (χ2v) is 4.84. The van der Waals surface area contributed by atoms with Gasteiger partial charge >= 0.3 is 0 Å². The fourth-order valence-corrected chi connectivity index (χ4v) is 2.75. The summed E-state index contributed by atoms with van der Waals surface area (Å²) in [4.78, 5) is 0. The van der Waals surface area contributed by atoms with Crippen LogP contribution >= 0.6 is 11.8 Å². The van der Waals surface area contributed by atoms with Gasteiger partial charge in [0.25, 0.3) is 0 Å². The molecule has 15 heavy (non-hydrogen) atoms. The summed E-state index contributed by atoms with van der Waals surface area (Å²) in [5.41, 5.74) is 0.668. The van der Waals surface area contributed by atoms with E-state index >= 15 is 0 Å². The Morgan fingerprint density at radius 3 is 2.80 bits per heavy atom. The highest BCUT2D eigenvalue weighted by Gasteiger charge is 2.13. The number of halogens is 2. The van der Waals surface area contributed by atoms with Gasteiger partial charge in [0, 0.05) is 23.5 Å². The maximum absolute atomic E-state index is 12.9. The predicted octanol–water partition coefficient (Wildman–Crippen LogP) is 3.27. The van der Waals surface area contributed by atoms with Crippen LogP contribution in [0.5, 0.6) is 0 Å². The number of hydrogen-bond donors (Lipinski definition) is 1.